The van der Waals surface area contributed by atoms with Crippen molar-refractivity contribution in [3.8, 4) is 11.5 Å². The van der Waals surface area contributed by atoms with Crippen LogP contribution in [0.2, 0.25) is 0 Å². The van der Waals surface area contributed by atoms with Gasteiger partial charge in [-0.2, -0.15) is 0 Å². The second-order valence-corrected chi connectivity index (χ2v) is 6.48. The highest BCUT2D eigenvalue weighted by Crippen LogP contribution is 2.30. The third-order valence-corrected chi connectivity index (χ3v) is 4.42. The average molecular weight is 382 g/mol. The topological polar surface area (TPSA) is 102 Å². The van der Waals surface area contributed by atoms with Gasteiger partial charge in [0.1, 0.15) is 5.82 Å². The first-order valence-electron chi connectivity index (χ1n) is 8.65. The van der Waals surface area contributed by atoms with Gasteiger partial charge in [0, 0.05) is 29.3 Å². The fourth-order valence-electron chi connectivity index (χ4n) is 2.84. The molecule has 1 aliphatic rings. The maximum Gasteiger partial charge on any atom is 0.270 e. The maximum atomic E-state index is 13.1. The van der Waals surface area contributed by atoms with E-state index in [1.165, 1.54) is 42.5 Å². The van der Waals surface area contributed by atoms with Gasteiger partial charge < -0.3 is 9.32 Å². The van der Waals surface area contributed by atoms with Gasteiger partial charge in [-0.25, -0.2) is 4.39 Å². The smallest absolute Gasteiger partial charge is 0.270 e. The molecule has 1 amide bonds. The third-order valence-electron chi connectivity index (χ3n) is 4.42. The maximum absolute atomic E-state index is 13.1. The number of amides is 1. The standard InChI is InChI=1S/C19H15FN4O4/c20-14-6-4-12(5-7-14)19(25)23(15-8-9-15)11-17-21-22-18(28-17)13-2-1-3-16(10-13)24(26)27/h1-7,10,15H,8-9,11H2. The zero-order valence-corrected chi connectivity index (χ0v) is 14.6. The van der Waals surface area contributed by atoms with Crippen LogP contribution in [0.25, 0.3) is 11.5 Å². The highest BCUT2D eigenvalue weighted by Gasteiger charge is 2.34. The number of benzene rings is 2. The molecule has 0 aliphatic heterocycles. The number of hydrogen-bond acceptors (Lipinski definition) is 6. The Balaban J connectivity index is 1.54. The Morgan fingerprint density at radius 3 is 2.64 bits per heavy atom. The summed E-state index contributed by atoms with van der Waals surface area (Å²) in [4.78, 5) is 24.8. The molecule has 0 bridgehead atoms. The van der Waals surface area contributed by atoms with Crippen LogP contribution in [0.4, 0.5) is 10.1 Å². The van der Waals surface area contributed by atoms with Crippen LogP contribution in [0.1, 0.15) is 29.1 Å². The number of rotatable bonds is 6. The summed E-state index contributed by atoms with van der Waals surface area (Å²) < 4.78 is 18.7. The molecular formula is C19H15FN4O4. The molecule has 1 heterocycles. The normalized spacial score (nSPS) is 13.3. The van der Waals surface area contributed by atoms with E-state index < -0.39 is 10.7 Å². The predicted octanol–water partition coefficient (Wildman–Crippen LogP) is 3.59. The first-order valence-corrected chi connectivity index (χ1v) is 8.65. The summed E-state index contributed by atoms with van der Waals surface area (Å²) in [6, 6.07) is 11.3. The fraction of sp³-hybridized carbons (Fsp3) is 0.211. The molecule has 4 rings (SSSR count). The number of non-ortho nitro benzene ring substituents is 1. The molecule has 142 valence electrons. The molecule has 3 aromatic rings. The molecule has 0 unspecified atom stereocenters. The van der Waals surface area contributed by atoms with Crippen molar-refractivity contribution in [2.75, 3.05) is 0 Å². The summed E-state index contributed by atoms with van der Waals surface area (Å²) in [5.74, 6) is -0.279. The second kappa shape index (κ2) is 7.18. The van der Waals surface area contributed by atoms with E-state index >= 15 is 0 Å². The van der Waals surface area contributed by atoms with Gasteiger partial charge >= 0.3 is 0 Å². The van der Waals surface area contributed by atoms with Crippen molar-refractivity contribution >= 4 is 11.6 Å². The molecule has 0 spiro atoms. The lowest BCUT2D eigenvalue weighted by Crippen LogP contribution is -2.32. The van der Waals surface area contributed by atoms with Crippen molar-refractivity contribution in [2.24, 2.45) is 0 Å². The minimum absolute atomic E-state index is 0.0747. The van der Waals surface area contributed by atoms with Crippen LogP contribution in [-0.2, 0) is 6.54 Å². The lowest BCUT2D eigenvalue weighted by atomic mass is 10.2. The molecule has 1 aromatic heterocycles. The van der Waals surface area contributed by atoms with E-state index in [1.54, 1.807) is 11.0 Å². The van der Waals surface area contributed by atoms with Gasteiger partial charge in [0.15, 0.2) is 0 Å². The summed E-state index contributed by atoms with van der Waals surface area (Å²) in [5, 5.41) is 18.8. The molecule has 0 N–H and O–H groups in total. The van der Waals surface area contributed by atoms with Crippen LogP contribution in [0.15, 0.2) is 52.9 Å². The molecule has 2 aromatic carbocycles. The summed E-state index contributed by atoms with van der Waals surface area (Å²) in [7, 11) is 0. The largest absolute Gasteiger partial charge is 0.419 e. The Labute approximate surface area is 158 Å². The van der Waals surface area contributed by atoms with E-state index in [0.29, 0.717) is 11.1 Å². The number of nitro groups is 1. The molecule has 8 nitrogen and oxygen atoms in total. The van der Waals surface area contributed by atoms with E-state index in [-0.39, 0.29) is 36.0 Å². The number of nitrogens with zero attached hydrogens (tertiary/aromatic N) is 4. The number of hydrogen-bond donors (Lipinski definition) is 0. The zero-order valence-electron chi connectivity index (χ0n) is 14.6. The molecule has 28 heavy (non-hydrogen) atoms. The van der Waals surface area contributed by atoms with Gasteiger partial charge in [-0.15, -0.1) is 10.2 Å². The van der Waals surface area contributed by atoms with Crippen LogP contribution in [-0.4, -0.2) is 32.0 Å². The Bertz CT molecular complexity index is 1030. The van der Waals surface area contributed by atoms with Gasteiger partial charge in [0.05, 0.1) is 11.5 Å². The molecule has 0 saturated heterocycles. The minimum atomic E-state index is -0.503. The lowest BCUT2D eigenvalue weighted by molar-refractivity contribution is -0.384. The molecule has 0 radical (unpaired) electrons. The zero-order chi connectivity index (χ0) is 19.7. The number of carbonyl (C=O) groups excluding carboxylic acids is 1. The molecule has 1 saturated carbocycles. The number of nitro benzene ring substituents is 1. The summed E-state index contributed by atoms with van der Waals surface area (Å²) >= 11 is 0. The summed E-state index contributed by atoms with van der Waals surface area (Å²) in [6.07, 6.45) is 1.75. The predicted molar refractivity (Wildman–Crippen MR) is 95.7 cm³/mol. The quantitative estimate of drug-likeness (QED) is 0.477. The van der Waals surface area contributed by atoms with Gasteiger partial charge in [-0.3, -0.25) is 14.9 Å². The van der Waals surface area contributed by atoms with E-state index in [4.69, 9.17) is 4.42 Å². The summed E-state index contributed by atoms with van der Waals surface area (Å²) in [6.45, 7) is 0.114. The van der Waals surface area contributed by atoms with Crippen molar-refractivity contribution in [2.45, 2.75) is 25.4 Å². The van der Waals surface area contributed by atoms with Gasteiger partial charge in [0.2, 0.25) is 11.8 Å². The van der Waals surface area contributed by atoms with E-state index in [9.17, 15) is 19.3 Å². The SMILES string of the molecule is O=C(c1ccc(F)cc1)N(Cc1nnc(-c2cccc([N+](=O)[O-])c2)o1)C1CC1. The minimum Gasteiger partial charge on any atom is -0.419 e. The first-order chi connectivity index (χ1) is 13.5. The molecular weight excluding hydrogens is 367 g/mol. The molecule has 1 fully saturated rings. The lowest BCUT2D eigenvalue weighted by Gasteiger charge is -2.20. The van der Waals surface area contributed by atoms with Crippen molar-refractivity contribution in [1.29, 1.82) is 0 Å². The van der Waals surface area contributed by atoms with E-state index in [1.807, 2.05) is 0 Å². The van der Waals surface area contributed by atoms with Crippen LogP contribution in [0, 0.1) is 15.9 Å². The Morgan fingerprint density at radius 1 is 1.21 bits per heavy atom. The van der Waals surface area contributed by atoms with Crippen LogP contribution >= 0.6 is 0 Å². The molecule has 9 heteroatoms. The Morgan fingerprint density at radius 2 is 1.96 bits per heavy atom. The molecule has 1 aliphatic carbocycles. The summed E-state index contributed by atoms with van der Waals surface area (Å²) in [5.41, 5.74) is 0.728. The van der Waals surface area contributed by atoms with Gasteiger partial charge in [0.25, 0.3) is 11.6 Å². The third kappa shape index (κ3) is 3.73. The van der Waals surface area contributed by atoms with Crippen molar-refractivity contribution in [3.05, 3.63) is 75.9 Å². The monoisotopic (exact) mass is 382 g/mol. The second-order valence-electron chi connectivity index (χ2n) is 6.48. The number of aromatic nitrogens is 2. The van der Waals surface area contributed by atoms with Crippen LogP contribution in [0.5, 0.6) is 0 Å². The van der Waals surface area contributed by atoms with Gasteiger partial charge in [-0.1, -0.05) is 6.07 Å². The van der Waals surface area contributed by atoms with Crippen LogP contribution in [0.3, 0.4) is 0 Å². The van der Waals surface area contributed by atoms with E-state index in [0.717, 1.165) is 12.8 Å². The Kier molecular flexibility index (Phi) is 4.56. The molecule has 0 atom stereocenters. The van der Waals surface area contributed by atoms with Crippen molar-refractivity contribution < 1.29 is 18.5 Å². The van der Waals surface area contributed by atoms with Crippen LogP contribution < -0.4 is 0 Å². The van der Waals surface area contributed by atoms with Crippen molar-refractivity contribution in [3.63, 3.8) is 0 Å². The van der Waals surface area contributed by atoms with Crippen molar-refractivity contribution in [1.82, 2.24) is 15.1 Å². The highest BCUT2D eigenvalue weighted by atomic mass is 19.1. The first kappa shape index (κ1) is 17.8. The average Bonchev–Trinajstić information content (AvgIpc) is 3.44. The fourth-order valence-corrected chi connectivity index (χ4v) is 2.84. The Hall–Kier alpha value is -3.62. The number of halogens is 1. The van der Waals surface area contributed by atoms with E-state index in [2.05, 4.69) is 10.2 Å². The van der Waals surface area contributed by atoms with Gasteiger partial charge in [-0.05, 0) is 43.2 Å². The highest BCUT2D eigenvalue weighted by molar-refractivity contribution is 5.94. The number of carbonyl (C=O) groups is 1.